The van der Waals surface area contributed by atoms with Crippen LogP contribution in [-0.4, -0.2) is 24.2 Å². The molecule has 0 spiro atoms. The Hall–Kier alpha value is -1.94. The van der Waals surface area contributed by atoms with E-state index in [9.17, 15) is 4.79 Å². The van der Waals surface area contributed by atoms with Gasteiger partial charge in [-0.15, -0.1) is 11.8 Å². The van der Waals surface area contributed by atoms with Crippen LogP contribution in [0, 0.1) is 13.8 Å². The first-order chi connectivity index (χ1) is 11.0. The van der Waals surface area contributed by atoms with Crippen molar-refractivity contribution < 1.29 is 4.79 Å². The molecule has 1 atom stereocenters. The molecule has 0 radical (unpaired) electrons. The monoisotopic (exact) mass is 326 g/mol. The largest absolute Gasteiger partial charge is 0.360 e. The third-order valence-electron chi connectivity index (χ3n) is 4.00. The van der Waals surface area contributed by atoms with Crippen LogP contribution in [0.25, 0.3) is 0 Å². The van der Waals surface area contributed by atoms with Gasteiger partial charge in [-0.2, -0.15) is 0 Å². The van der Waals surface area contributed by atoms with Gasteiger partial charge in [0.1, 0.15) is 0 Å². The maximum absolute atomic E-state index is 12.5. The minimum Gasteiger partial charge on any atom is -0.360 e. The molecule has 2 aromatic carbocycles. The predicted octanol–water partition coefficient (Wildman–Crippen LogP) is 4.24. The Labute approximate surface area is 142 Å². The molecule has 1 aliphatic heterocycles. The van der Waals surface area contributed by atoms with E-state index in [1.807, 2.05) is 36.9 Å². The van der Waals surface area contributed by atoms with Crippen LogP contribution in [0.1, 0.15) is 18.1 Å². The van der Waals surface area contributed by atoms with Crippen molar-refractivity contribution in [2.45, 2.75) is 30.9 Å². The zero-order valence-electron chi connectivity index (χ0n) is 13.8. The Bertz CT molecular complexity index is 729. The Morgan fingerprint density at radius 1 is 1.26 bits per heavy atom. The summed E-state index contributed by atoms with van der Waals surface area (Å²) in [5.41, 5.74) is 4.36. The highest BCUT2D eigenvalue weighted by Gasteiger charge is 2.23. The predicted molar refractivity (Wildman–Crippen MR) is 98.5 cm³/mol. The van der Waals surface area contributed by atoms with E-state index in [0.29, 0.717) is 11.8 Å². The molecule has 3 rings (SSSR count). The van der Waals surface area contributed by atoms with Crippen LogP contribution in [0.4, 0.5) is 11.4 Å². The Morgan fingerprint density at radius 3 is 2.83 bits per heavy atom. The van der Waals surface area contributed by atoms with Crippen LogP contribution >= 0.6 is 11.8 Å². The molecule has 0 bridgehead atoms. The van der Waals surface area contributed by atoms with E-state index < -0.39 is 0 Å². The van der Waals surface area contributed by atoms with E-state index in [-0.39, 0.29) is 5.91 Å². The minimum atomic E-state index is 0.0332. The summed E-state index contributed by atoms with van der Waals surface area (Å²) in [7, 11) is 0. The maximum atomic E-state index is 12.5. The average molecular weight is 326 g/mol. The summed E-state index contributed by atoms with van der Waals surface area (Å²) in [4.78, 5) is 15.9. The topological polar surface area (TPSA) is 32.3 Å². The number of carbonyl (C=O) groups excluding carboxylic acids is 1. The first kappa shape index (κ1) is 15.9. The lowest BCUT2D eigenvalue weighted by atomic mass is 10.1. The summed E-state index contributed by atoms with van der Waals surface area (Å²) >= 11 is 1.88. The fraction of sp³-hybridized carbons (Fsp3) is 0.316. The normalized spacial score (nSPS) is 16.8. The number of nitrogens with zero attached hydrogens (tertiary/aromatic N) is 1. The molecule has 1 aliphatic rings. The number of nitrogens with one attached hydrogen (secondary N) is 1. The number of carbonyl (C=O) groups is 1. The van der Waals surface area contributed by atoms with Crippen molar-refractivity contribution >= 4 is 29.0 Å². The third kappa shape index (κ3) is 3.70. The summed E-state index contributed by atoms with van der Waals surface area (Å²) in [5.74, 6) is 0.0332. The lowest BCUT2D eigenvalue weighted by Crippen LogP contribution is -2.39. The van der Waals surface area contributed by atoms with Gasteiger partial charge in [0.15, 0.2) is 0 Å². The second-order valence-electron chi connectivity index (χ2n) is 6.14. The molecule has 0 fully saturated rings. The second-order valence-corrected chi connectivity index (χ2v) is 7.62. The van der Waals surface area contributed by atoms with E-state index in [0.717, 1.165) is 23.5 Å². The maximum Gasteiger partial charge on any atom is 0.243 e. The summed E-state index contributed by atoms with van der Waals surface area (Å²) in [6.07, 6.45) is 0. The standard InChI is InChI=1S/C19H22N2OS/c1-13-8-9-16(14(2)10-13)20-19(22)12-21-11-15(3)23-18-7-5-4-6-17(18)21/h4-10,15H,11-12H2,1-3H3,(H,20,22)/t15-/m0/s1. The van der Waals surface area contributed by atoms with E-state index in [1.54, 1.807) is 0 Å². The molecule has 0 aliphatic carbocycles. The van der Waals surface area contributed by atoms with Crippen LogP contribution in [0.15, 0.2) is 47.4 Å². The van der Waals surface area contributed by atoms with Gasteiger partial charge >= 0.3 is 0 Å². The number of fused-ring (bicyclic) bond motifs is 1. The SMILES string of the molecule is Cc1ccc(NC(=O)CN2C[C@H](C)Sc3ccccc32)c(C)c1. The smallest absolute Gasteiger partial charge is 0.243 e. The van der Waals surface area contributed by atoms with E-state index in [2.05, 4.69) is 48.3 Å². The molecular weight excluding hydrogens is 304 g/mol. The van der Waals surface area contributed by atoms with Crippen LogP contribution in [0.3, 0.4) is 0 Å². The molecule has 1 N–H and O–H groups in total. The van der Waals surface area contributed by atoms with Gasteiger partial charge < -0.3 is 10.2 Å². The van der Waals surface area contributed by atoms with E-state index in [4.69, 9.17) is 0 Å². The number of thioether (sulfide) groups is 1. The van der Waals surface area contributed by atoms with Crippen molar-refractivity contribution in [3.8, 4) is 0 Å². The molecule has 0 unspecified atom stereocenters. The van der Waals surface area contributed by atoms with Crippen molar-refractivity contribution in [3.63, 3.8) is 0 Å². The Balaban J connectivity index is 1.73. The van der Waals surface area contributed by atoms with Gasteiger partial charge in [-0.3, -0.25) is 4.79 Å². The second kappa shape index (κ2) is 6.67. The molecule has 0 saturated heterocycles. The molecule has 4 heteroatoms. The number of anilines is 2. The quantitative estimate of drug-likeness (QED) is 0.915. The highest BCUT2D eigenvalue weighted by molar-refractivity contribution is 8.00. The number of rotatable bonds is 3. The molecule has 23 heavy (non-hydrogen) atoms. The fourth-order valence-electron chi connectivity index (χ4n) is 2.95. The highest BCUT2D eigenvalue weighted by atomic mass is 32.2. The molecule has 0 aromatic heterocycles. The van der Waals surface area contributed by atoms with Gasteiger partial charge in [0.25, 0.3) is 0 Å². The van der Waals surface area contributed by atoms with E-state index >= 15 is 0 Å². The first-order valence-electron chi connectivity index (χ1n) is 7.90. The lowest BCUT2D eigenvalue weighted by molar-refractivity contribution is -0.115. The number of hydrogen-bond acceptors (Lipinski definition) is 3. The number of para-hydroxylation sites is 1. The molecule has 120 valence electrons. The van der Waals surface area contributed by atoms with Crippen molar-refractivity contribution in [1.82, 2.24) is 0 Å². The van der Waals surface area contributed by atoms with Crippen LogP contribution in [0.2, 0.25) is 0 Å². The van der Waals surface area contributed by atoms with Crippen molar-refractivity contribution in [2.75, 3.05) is 23.3 Å². The van der Waals surface area contributed by atoms with Crippen molar-refractivity contribution in [1.29, 1.82) is 0 Å². The number of benzene rings is 2. The molecular formula is C19H22N2OS. The van der Waals surface area contributed by atoms with Gasteiger partial charge in [0, 0.05) is 22.4 Å². The van der Waals surface area contributed by atoms with Crippen molar-refractivity contribution in [3.05, 3.63) is 53.6 Å². The summed E-state index contributed by atoms with van der Waals surface area (Å²) in [6, 6.07) is 14.4. The Kier molecular flexibility index (Phi) is 4.62. The molecule has 0 saturated carbocycles. The zero-order valence-corrected chi connectivity index (χ0v) is 14.6. The average Bonchev–Trinajstić information content (AvgIpc) is 2.50. The summed E-state index contributed by atoms with van der Waals surface area (Å²) in [6.45, 7) is 7.56. The van der Waals surface area contributed by atoms with Gasteiger partial charge in [-0.1, -0.05) is 36.8 Å². The number of amides is 1. The molecule has 3 nitrogen and oxygen atoms in total. The fourth-order valence-corrected chi connectivity index (χ4v) is 4.11. The summed E-state index contributed by atoms with van der Waals surface area (Å²) < 4.78 is 0. The Morgan fingerprint density at radius 2 is 2.04 bits per heavy atom. The molecule has 1 heterocycles. The van der Waals surface area contributed by atoms with Gasteiger partial charge in [-0.05, 0) is 37.6 Å². The third-order valence-corrected chi connectivity index (χ3v) is 5.15. The van der Waals surface area contributed by atoms with Gasteiger partial charge in [0.2, 0.25) is 5.91 Å². The number of hydrogen-bond donors (Lipinski definition) is 1. The van der Waals surface area contributed by atoms with E-state index in [1.165, 1.54) is 10.5 Å². The van der Waals surface area contributed by atoms with Crippen LogP contribution in [0.5, 0.6) is 0 Å². The van der Waals surface area contributed by atoms with Crippen LogP contribution in [-0.2, 0) is 4.79 Å². The molecule has 1 amide bonds. The number of aryl methyl sites for hydroxylation is 2. The zero-order chi connectivity index (χ0) is 16.4. The van der Waals surface area contributed by atoms with Crippen LogP contribution < -0.4 is 10.2 Å². The van der Waals surface area contributed by atoms with Gasteiger partial charge in [-0.25, -0.2) is 0 Å². The van der Waals surface area contributed by atoms with Crippen molar-refractivity contribution in [2.24, 2.45) is 0 Å². The first-order valence-corrected chi connectivity index (χ1v) is 8.78. The van der Waals surface area contributed by atoms with Gasteiger partial charge in [0.05, 0.1) is 12.2 Å². The molecule has 2 aromatic rings. The highest BCUT2D eigenvalue weighted by Crippen LogP contribution is 2.37. The summed E-state index contributed by atoms with van der Waals surface area (Å²) in [5, 5.41) is 3.53. The minimum absolute atomic E-state index is 0.0332. The lowest BCUT2D eigenvalue weighted by Gasteiger charge is -2.33.